The minimum Gasteiger partial charge on any atom is -0.508 e. The molecule has 0 saturated heterocycles. The van der Waals surface area contributed by atoms with E-state index in [9.17, 15) is 14.7 Å². The van der Waals surface area contributed by atoms with Crippen molar-refractivity contribution in [1.82, 2.24) is 5.32 Å². The summed E-state index contributed by atoms with van der Waals surface area (Å²) in [6, 6.07) is 6.34. The Morgan fingerprint density at radius 2 is 1.67 bits per heavy atom. The van der Waals surface area contributed by atoms with Crippen molar-refractivity contribution in [3.8, 4) is 5.75 Å². The van der Waals surface area contributed by atoms with Crippen LogP contribution >= 0.6 is 0 Å². The maximum absolute atomic E-state index is 11.9. The molecule has 1 aromatic rings. The molecule has 2 rings (SSSR count). The topological polar surface area (TPSA) is 84.9 Å². The first-order chi connectivity index (χ1) is 10.1. The Morgan fingerprint density at radius 1 is 1.10 bits per heavy atom. The first kappa shape index (κ1) is 14.6. The lowest BCUT2D eigenvalue weighted by molar-refractivity contribution is -0.137. The molecule has 0 unspecified atom stereocenters. The van der Waals surface area contributed by atoms with Crippen LogP contribution in [0.2, 0.25) is 0 Å². The maximum atomic E-state index is 11.9. The molecule has 0 aliphatic carbocycles. The lowest BCUT2D eigenvalue weighted by Gasteiger charge is -2.24. The molecule has 0 radical (unpaired) electrons. The molecular formula is C15H15NO5. The van der Waals surface area contributed by atoms with E-state index in [1.807, 2.05) is 0 Å². The van der Waals surface area contributed by atoms with Gasteiger partial charge in [0, 0.05) is 12.4 Å². The molecule has 0 fully saturated rings. The number of rotatable bonds is 3. The fourth-order valence-electron chi connectivity index (χ4n) is 2.21. The number of phenolic OH excluding ortho intramolecular Hbond substituents is 1. The molecule has 1 aliphatic heterocycles. The Balaban J connectivity index is 2.52. The monoisotopic (exact) mass is 289 g/mol. The smallest absolute Gasteiger partial charge is 0.336 e. The standard InChI is InChI=1S/C15H15NO5/c1-20-14(18)11-7-16-8-12(15(19)21-2)13(11)9-4-3-5-10(17)6-9/h3-8,13,16-17H,1-2H3. The van der Waals surface area contributed by atoms with Crippen LogP contribution < -0.4 is 5.32 Å². The lowest BCUT2D eigenvalue weighted by Crippen LogP contribution is -2.26. The summed E-state index contributed by atoms with van der Waals surface area (Å²) in [4.78, 5) is 23.8. The van der Waals surface area contributed by atoms with Crippen LogP contribution in [-0.2, 0) is 19.1 Å². The summed E-state index contributed by atoms with van der Waals surface area (Å²) in [6.07, 6.45) is 2.93. The SMILES string of the molecule is COC(=O)C1=CNC=C(C(=O)OC)C1c1cccc(O)c1. The summed E-state index contributed by atoms with van der Waals surface area (Å²) < 4.78 is 9.49. The summed E-state index contributed by atoms with van der Waals surface area (Å²) in [7, 11) is 2.53. The van der Waals surface area contributed by atoms with Gasteiger partial charge in [-0.15, -0.1) is 0 Å². The summed E-state index contributed by atoms with van der Waals surface area (Å²) in [5.74, 6) is -1.76. The van der Waals surface area contributed by atoms with Crippen LogP contribution in [0.1, 0.15) is 11.5 Å². The van der Waals surface area contributed by atoms with Crippen LogP contribution in [0.25, 0.3) is 0 Å². The van der Waals surface area contributed by atoms with Crippen LogP contribution in [0.4, 0.5) is 0 Å². The fraction of sp³-hybridized carbons (Fsp3) is 0.200. The van der Waals surface area contributed by atoms with Crippen molar-refractivity contribution in [1.29, 1.82) is 0 Å². The molecule has 1 aliphatic rings. The number of carbonyl (C=O) groups is 2. The van der Waals surface area contributed by atoms with Crippen LogP contribution in [0, 0.1) is 0 Å². The van der Waals surface area contributed by atoms with E-state index in [0.717, 1.165) is 0 Å². The van der Waals surface area contributed by atoms with E-state index in [2.05, 4.69) is 5.32 Å². The number of aromatic hydroxyl groups is 1. The number of dihydropyridines is 1. The predicted molar refractivity (Wildman–Crippen MR) is 74.2 cm³/mol. The van der Waals surface area contributed by atoms with Gasteiger partial charge in [-0.2, -0.15) is 0 Å². The van der Waals surface area contributed by atoms with Gasteiger partial charge in [0.25, 0.3) is 0 Å². The number of methoxy groups -OCH3 is 2. The second kappa shape index (κ2) is 6.13. The first-order valence-electron chi connectivity index (χ1n) is 6.20. The van der Waals surface area contributed by atoms with Gasteiger partial charge in [0.2, 0.25) is 0 Å². The minimum absolute atomic E-state index is 0.0412. The summed E-state index contributed by atoms with van der Waals surface area (Å²) in [5, 5.41) is 12.4. The number of nitrogens with one attached hydrogen (secondary N) is 1. The molecule has 110 valence electrons. The summed E-state index contributed by atoms with van der Waals surface area (Å²) in [5.41, 5.74) is 1.10. The van der Waals surface area contributed by atoms with E-state index < -0.39 is 17.9 Å². The van der Waals surface area contributed by atoms with Crippen LogP contribution in [0.15, 0.2) is 47.8 Å². The first-order valence-corrected chi connectivity index (χ1v) is 6.20. The normalized spacial score (nSPS) is 14.6. The average molecular weight is 289 g/mol. The van der Waals surface area contributed by atoms with Crippen molar-refractivity contribution in [2.75, 3.05) is 14.2 Å². The third-order valence-electron chi connectivity index (χ3n) is 3.15. The van der Waals surface area contributed by atoms with Gasteiger partial charge in [-0.3, -0.25) is 0 Å². The third-order valence-corrected chi connectivity index (χ3v) is 3.15. The van der Waals surface area contributed by atoms with E-state index in [1.54, 1.807) is 12.1 Å². The quantitative estimate of drug-likeness (QED) is 0.813. The molecule has 0 aromatic heterocycles. The zero-order valence-corrected chi connectivity index (χ0v) is 11.6. The number of esters is 2. The highest BCUT2D eigenvalue weighted by atomic mass is 16.5. The number of hydrogen-bond acceptors (Lipinski definition) is 6. The maximum Gasteiger partial charge on any atom is 0.336 e. The van der Waals surface area contributed by atoms with E-state index in [0.29, 0.717) is 5.56 Å². The van der Waals surface area contributed by atoms with E-state index in [4.69, 9.17) is 9.47 Å². The van der Waals surface area contributed by atoms with Gasteiger partial charge in [-0.25, -0.2) is 9.59 Å². The van der Waals surface area contributed by atoms with E-state index in [-0.39, 0.29) is 16.9 Å². The summed E-state index contributed by atoms with van der Waals surface area (Å²) >= 11 is 0. The number of benzene rings is 1. The van der Waals surface area contributed by atoms with Gasteiger partial charge in [0.1, 0.15) is 5.75 Å². The molecule has 1 heterocycles. The third kappa shape index (κ3) is 2.89. The highest BCUT2D eigenvalue weighted by Crippen LogP contribution is 2.35. The zero-order valence-electron chi connectivity index (χ0n) is 11.6. The second-order valence-corrected chi connectivity index (χ2v) is 4.38. The molecule has 21 heavy (non-hydrogen) atoms. The van der Waals surface area contributed by atoms with Gasteiger partial charge in [0.05, 0.1) is 31.3 Å². The molecule has 2 N–H and O–H groups in total. The molecule has 6 nitrogen and oxygen atoms in total. The van der Waals surface area contributed by atoms with Crippen molar-refractivity contribution < 1.29 is 24.2 Å². The number of ether oxygens (including phenoxy) is 2. The van der Waals surface area contributed by atoms with E-state index in [1.165, 1.54) is 38.8 Å². The lowest BCUT2D eigenvalue weighted by atomic mass is 9.83. The zero-order chi connectivity index (χ0) is 15.4. The fourth-order valence-corrected chi connectivity index (χ4v) is 2.21. The highest BCUT2D eigenvalue weighted by Gasteiger charge is 2.33. The Labute approximate surface area is 121 Å². The molecule has 0 spiro atoms. The molecule has 0 amide bonds. The Morgan fingerprint density at radius 3 is 2.14 bits per heavy atom. The van der Waals surface area contributed by atoms with Crippen LogP contribution in [-0.4, -0.2) is 31.3 Å². The van der Waals surface area contributed by atoms with E-state index >= 15 is 0 Å². The molecular weight excluding hydrogens is 274 g/mol. The Bertz CT molecular complexity index is 601. The number of carbonyl (C=O) groups excluding carboxylic acids is 2. The van der Waals surface area contributed by atoms with Gasteiger partial charge in [-0.05, 0) is 17.7 Å². The van der Waals surface area contributed by atoms with Crippen LogP contribution in [0.5, 0.6) is 5.75 Å². The van der Waals surface area contributed by atoms with Crippen molar-refractivity contribution in [2.45, 2.75) is 5.92 Å². The largest absolute Gasteiger partial charge is 0.508 e. The Hall–Kier alpha value is -2.76. The van der Waals surface area contributed by atoms with Gasteiger partial charge >= 0.3 is 11.9 Å². The van der Waals surface area contributed by atoms with Gasteiger partial charge < -0.3 is 19.9 Å². The van der Waals surface area contributed by atoms with Crippen LogP contribution in [0.3, 0.4) is 0 Å². The molecule has 0 bridgehead atoms. The number of phenols is 1. The molecule has 6 heteroatoms. The number of hydrogen-bond donors (Lipinski definition) is 2. The Kier molecular flexibility index (Phi) is 4.27. The molecule has 0 saturated carbocycles. The summed E-state index contributed by atoms with van der Waals surface area (Å²) in [6.45, 7) is 0. The molecule has 1 aromatic carbocycles. The van der Waals surface area contributed by atoms with Gasteiger partial charge in [-0.1, -0.05) is 12.1 Å². The van der Waals surface area contributed by atoms with Crippen molar-refractivity contribution in [2.24, 2.45) is 0 Å². The minimum atomic E-state index is -0.668. The highest BCUT2D eigenvalue weighted by molar-refractivity contribution is 5.98. The van der Waals surface area contributed by atoms with Crippen molar-refractivity contribution in [3.63, 3.8) is 0 Å². The van der Waals surface area contributed by atoms with Crippen molar-refractivity contribution >= 4 is 11.9 Å². The molecule has 0 atom stereocenters. The average Bonchev–Trinajstić information content (AvgIpc) is 2.52. The van der Waals surface area contributed by atoms with Gasteiger partial charge in [0.15, 0.2) is 0 Å². The second-order valence-electron chi connectivity index (χ2n) is 4.38. The van der Waals surface area contributed by atoms with Crippen molar-refractivity contribution in [3.05, 3.63) is 53.4 Å². The predicted octanol–water partition coefficient (Wildman–Crippen LogP) is 1.19.